The number of benzene rings is 1. The summed E-state index contributed by atoms with van der Waals surface area (Å²) >= 11 is 0. The standard InChI is InChI=1S/C13H13F3N4/c1-20(7-13(14,15)16)11-8-4-2-3-5-10(8)19-6-9(11)12(17)18/h2-6H,7H2,1H3,(H3,17,18). The second kappa shape index (κ2) is 4.99. The molecule has 0 saturated carbocycles. The maximum atomic E-state index is 12.6. The van der Waals surface area contributed by atoms with Gasteiger partial charge in [-0.25, -0.2) is 0 Å². The molecule has 0 aliphatic rings. The number of hydrogen-bond acceptors (Lipinski definition) is 3. The summed E-state index contributed by atoms with van der Waals surface area (Å²) in [5.74, 6) is -0.313. The second-order valence-electron chi connectivity index (χ2n) is 4.42. The molecule has 3 N–H and O–H groups in total. The van der Waals surface area contributed by atoms with E-state index in [1.54, 1.807) is 24.3 Å². The zero-order valence-electron chi connectivity index (χ0n) is 10.7. The zero-order chi connectivity index (χ0) is 14.9. The molecule has 0 saturated heterocycles. The van der Waals surface area contributed by atoms with E-state index in [9.17, 15) is 13.2 Å². The molecule has 106 valence electrons. The van der Waals surface area contributed by atoms with Crippen molar-refractivity contribution < 1.29 is 13.2 Å². The molecule has 0 spiro atoms. The van der Waals surface area contributed by atoms with Gasteiger partial charge in [0.2, 0.25) is 0 Å². The van der Waals surface area contributed by atoms with Gasteiger partial charge in [-0.05, 0) is 6.07 Å². The van der Waals surface area contributed by atoms with E-state index in [2.05, 4.69) is 4.98 Å². The SMILES string of the molecule is CN(CC(F)(F)F)c1c(C(=N)N)cnc2ccccc12. The van der Waals surface area contributed by atoms with Crippen LogP contribution in [0, 0.1) is 5.41 Å². The Morgan fingerprint density at radius 2 is 2.00 bits per heavy atom. The Kier molecular flexibility index (Phi) is 3.52. The van der Waals surface area contributed by atoms with E-state index in [0.29, 0.717) is 10.9 Å². The summed E-state index contributed by atoms with van der Waals surface area (Å²) in [5, 5.41) is 8.04. The number of nitrogen functional groups attached to an aromatic ring is 1. The van der Waals surface area contributed by atoms with Crippen molar-refractivity contribution in [2.24, 2.45) is 5.73 Å². The predicted molar refractivity (Wildman–Crippen MR) is 72.1 cm³/mol. The molecule has 0 aliphatic heterocycles. The van der Waals surface area contributed by atoms with Crippen LogP contribution in [0.15, 0.2) is 30.5 Å². The molecule has 1 heterocycles. The fraction of sp³-hybridized carbons (Fsp3) is 0.231. The molecule has 0 unspecified atom stereocenters. The van der Waals surface area contributed by atoms with Crippen LogP contribution in [0.3, 0.4) is 0 Å². The molecule has 1 aromatic heterocycles. The second-order valence-corrected chi connectivity index (χ2v) is 4.42. The number of aromatic nitrogens is 1. The van der Waals surface area contributed by atoms with Crippen molar-refractivity contribution in [3.05, 3.63) is 36.0 Å². The van der Waals surface area contributed by atoms with Gasteiger partial charge in [-0.2, -0.15) is 13.2 Å². The Morgan fingerprint density at radius 1 is 1.35 bits per heavy atom. The number of halogens is 3. The third-order valence-electron chi connectivity index (χ3n) is 2.84. The number of anilines is 1. The number of para-hydroxylation sites is 1. The maximum Gasteiger partial charge on any atom is 0.405 e. The number of amidine groups is 1. The van der Waals surface area contributed by atoms with E-state index < -0.39 is 12.7 Å². The van der Waals surface area contributed by atoms with Gasteiger partial charge >= 0.3 is 6.18 Å². The fourth-order valence-corrected chi connectivity index (χ4v) is 2.08. The topological polar surface area (TPSA) is 66.0 Å². The molecular formula is C13H13F3N4. The number of rotatable bonds is 3. The van der Waals surface area contributed by atoms with Crippen LogP contribution < -0.4 is 10.6 Å². The van der Waals surface area contributed by atoms with Gasteiger partial charge in [0.05, 0.1) is 16.8 Å². The number of nitrogens with zero attached hydrogens (tertiary/aromatic N) is 2. The van der Waals surface area contributed by atoms with Crippen molar-refractivity contribution in [2.75, 3.05) is 18.5 Å². The van der Waals surface area contributed by atoms with Crippen molar-refractivity contribution in [3.63, 3.8) is 0 Å². The van der Waals surface area contributed by atoms with Gasteiger partial charge in [-0.3, -0.25) is 10.4 Å². The third-order valence-corrected chi connectivity index (χ3v) is 2.84. The molecule has 7 heteroatoms. The number of pyridine rings is 1. The highest BCUT2D eigenvalue weighted by molar-refractivity contribution is 6.07. The normalized spacial score (nSPS) is 11.6. The minimum absolute atomic E-state index is 0.190. The Morgan fingerprint density at radius 3 is 2.60 bits per heavy atom. The molecule has 0 radical (unpaired) electrons. The van der Waals surface area contributed by atoms with Crippen molar-refractivity contribution in [2.45, 2.75) is 6.18 Å². The van der Waals surface area contributed by atoms with Crippen LogP contribution in [-0.2, 0) is 0 Å². The summed E-state index contributed by atoms with van der Waals surface area (Å²) < 4.78 is 37.7. The summed E-state index contributed by atoms with van der Waals surface area (Å²) in [7, 11) is 1.32. The lowest BCUT2D eigenvalue weighted by Crippen LogP contribution is -2.32. The molecule has 0 bridgehead atoms. The van der Waals surface area contributed by atoms with Crippen molar-refractivity contribution >= 4 is 22.4 Å². The highest BCUT2D eigenvalue weighted by Gasteiger charge is 2.31. The summed E-state index contributed by atoms with van der Waals surface area (Å²) in [4.78, 5) is 5.16. The molecule has 0 amide bonds. The molecule has 0 fully saturated rings. The Hall–Kier alpha value is -2.31. The van der Waals surface area contributed by atoms with Gasteiger partial charge in [0, 0.05) is 18.6 Å². The quantitative estimate of drug-likeness (QED) is 0.671. The molecule has 2 aromatic rings. The number of fused-ring (bicyclic) bond motifs is 1. The van der Waals surface area contributed by atoms with E-state index >= 15 is 0 Å². The van der Waals surface area contributed by atoms with Gasteiger partial charge in [-0.1, -0.05) is 18.2 Å². The van der Waals surface area contributed by atoms with Crippen LogP contribution in [0.1, 0.15) is 5.56 Å². The largest absolute Gasteiger partial charge is 0.405 e. The van der Waals surface area contributed by atoms with Crippen LogP contribution in [0.5, 0.6) is 0 Å². The number of alkyl halides is 3. The van der Waals surface area contributed by atoms with Crippen LogP contribution in [-0.4, -0.2) is 30.6 Å². The minimum Gasteiger partial charge on any atom is -0.384 e. The first-order valence-electron chi connectivity index (χ1n) is 5.79. The van der Waals surface area contributed by atoms with Crippen molar-refractivity contribution in [1.29, 1.82) is 5.41 Å². The first-order chi connectivity index (χ1) is 9.29. The van der Waals surface area contributed by atoms with Crippen LogP contribution in [0.25, 0.3) is 10.9 Å². The molecule has 1 aromatic carbocycles. The lowest BCUT2D eigenvalue weighted by molar-refractivity contribution is -0.119. The molecule has 0 atom stereocenters. The highest BCUT2D eigenvalue weighted by atomic mass is 19.4. The molecular weight excluding hydrogens is 269 g/mol. The van der Waals surface area contributed by atoms with Crippen LogP contribution >= 0.6 is 0 Å². The Labute approximate surface area is 113 Å². The lowest BCUT2D eigenvalue weighted by atomic mass is 10.1. The van der Waals surface area contributed by atoms with Crippen molar-refractivity contribution in [3.8, 4) is 0 Å². The maximum absolute atomic E-state index is 12.6. The number of hydrogen-bond donors (Lipinski definition) is 2. The first kappa shape index (κ1) is 14.1. The van der Waals surface area contributed by atoms with E-state index in [0.717, 1.165) is 4.90 Å². The van der Waals surface area contributed by atoms with E-state index in [4.69, 9.17) is 11.1 Å². The first-order valence-corrected chi connectivity index (χ1v) is 5.79. The van der Waals surface area contributed by atoms with Crippen LogP contribution in [0.4, 0.5) is 18.9 Å². The van der Waals surface area contributed by atoms with Gasteiger partial charge in [0.15, 0.2) is 0 Å². The van der Waals surface area contributed by atoms with E-state index in [1.807, 2.05) is 0 Å². The number of nitrogens with one attached hydrogen (secondary N) is 1. The third kappa shape index (κ3) is 2.81. The predicted octanol–water partition coefficient (Wildman–Crippen LogP) is 2.52. The smallest absolute Gasteiger partial charge is 0.384 e. The lowest BCUT2D eigenvalue weighted by Gasteiger charge is -2.24. The van der Waals surface area contributed by atoms with Crippen LogP contribution in [0.2, 0.25) is 0 Å². The van der Waals surface area contributed by atoms with Gasteiger partial charge in [0.1, 0.15) is 12.4 Å². The Balaban J connectivity index is 2.63. The number of nitrogens with two attached hydrogens (primary N) is 1. The average molecular weight is 282 g/mol. The van der Waals surface area contributed by atoms with E-state index in [1.165, 1.54) is 13.2 Å². The highest BCUT2D eigenvalue weighted by Crippen LogP contribution is 2.30. The van der Waals surface area contributed by atoms with E-state index in [-0.39, 0.29) is 17.1 Å². The van der Waals surface area contributed by atoms with Gasteiger partial charge < -0.3 is 10.6 Å². The van der Waals surface area contributed by atoms with Gasteiger partial charge in [0.25, 0.3) is 0 Å². The summed E-state index contributed by atoms with van der Waals surface area (Å²) in [5.41, 5.74) is 6.45. The molecule has 2 rings (SSSR count). The average Bonchev–Trinajstić information content (AvgIpc) is 2.35. The monoisotopic (exact) mass is 282 g/mol. The van der Waals surface area contributed by atoms with Crippen molar-refractivity contribution in [1.82, 2.24) is 4.98 Å². The fourth-order valence-electron chi connectivity index (χ4n) is 2.08. The zero-order valence-corrected chi connectivity index (χ0v) is 10.7. The summed E-state index contributed by atoms with van der Waals surface area (Å²) in [6.07, 6.45) is -3.01. The molecule has 0 aliphatic carbocycles. The molecule has 20 heavy (non-hydrogen) atoms. The summed E-state index contributed by atoms with van der Waals surface area (Å²) in [6, 6.07) is 6.82. The minimum atomic E-state index is -4.34. The molecule has 4 nitrogen and oxygen atoms in total. The van der Waals surface area contributed by atoms with Gasteiger partial charge in [-0.15, -0.1) is 0 Å². The Bertz CT molecular complexity index is 652. The summed E-state index contributed by atoms with van der Waals surface area (Å²) in [6.45, 7) is -1.12.